The molecule has 1 aromatic rings. The highest BCUT2D eigenvalue weighted by atomic mass is 16.4. The van der Waals surface area contributed by atoms with E-state index in [0.717, 1.165) is 12.0 Å². The minimum atomic E-state index is -1.22. The van der Waals surface area contributed by atoms with Gasteiger partial charge in [0.1, 0.15) is 0 Å². The van der Waals surface area contributed by atoms with Crippen LogP contribution in [0.1, 0.15) is 38.7 Å². The number of rotatable bonds is 6. The molecule has 25 heavy (non-hydrogen) atoms. The molecule has 1 unspecified atom stereocenters. The second kappa shape index (κ2) is 7.31. The Morgan fingerprint density at radius 2 is 1.80 bits per heavy atom. The van der Waals surface area contributed by atoms with E-state index in [1.54, 1.807) is 0 Å². The summed E-state index contributed by atoms with van der Waals surface area (Å²) >= 11 is 0. The van der Waals surface area contributed by atoms with Gasteiger partial charge in [0.15, 0.2) is 0 Å². The number of aliphatic hydroxyl groups is 1. The predicted octanol–water partition coefficient (Wildman–Crippen LogP) is 2.44. The van der Waals surface area contributed by atoms with Gasteiger partial charge in [-0.25, -0.2) is 9.59 Å². The van der Waals surface area contributed by atoms with Crippen LogP contribution in [0.2, 0.25) is 0 Å². The lowest BCUT2D eigenvalue weighted by molar-refractivity contribution is 0.0835. The van der Waals surface area contributed by atoms with Crippen LogP contribution in [0, 0.1) is 5.41 Å². The van der Waals surface area contributed by atoms with Crippen LogP contribution in [0.25, 0.3) is 0 Å². The van der Waals surface area contributed by atoms with E-state index >= 15 is 0 Å². The molecular formula is C18H26N2O5. The van der Waals surface area contributed by atoms with Crippen molar-refractivity contribution >= 4 is 12.2 Å². The van der Waals surface area contributed by atoms with Gasteiger partial charge in [-0.15, -0.1) is 0 Å². The van der Waals surface area contributed by atoms with Crippen molar-refractivity contribution in [1.29, 1.82) is 0 Å². The highest BCUT2D eigenvalue weighted by Gasteiger charge is 2.54. The molecule has 0 aromatic heterocycles. The molecule has 1 aliphatic rings. The topological polar surface area (TPSA) is 119 Å². The Bertz CT molecular complexity index is 619. The Labute approximate surface area is 147 Å². The van der Waals surface area contributed by atoms with E-state index in [1.165, 1.54) is 0 Å². The van der Waals surface area contributed by atoms with Crippen molar-refractivity contribution in [1.82, 2.24) is 10.6 Å². The summed E-state index contributed by atoms with van der Waals surface area (Å²) in [5.74, 6) is 0. The van der Waals surface area contributed by atoms with Gasteiger partial charge in [0, 0.05) is 0 Å². The van der Waals surface area contributed by atoms with Crippen molar-refractivity contribution in [3.8, 4) is 0 Å². The Morgan fingerprint density at radius 3 is 2.36 bits per heavy atom. The summed E-state index contributed by atoms with van der Waals surface area (Å²) in [6.07, 6.45) is -1.47. The number of aryl methyl sites for hydroxylation is 1. The summed E-state index contributed by atoms with van der Waals surface area (Å²) in [6, 6.07) is 9.20. The van der Waals surface area contributed by atoms with Gasteiger partial charge in [-0.05, 0) is 36.7 Å². The van der Waals surface area contributed by atoms with E-state index in [4.69, 9.17) is 5.11 Å². The lowest BCUT2D eigenvalue weighted by Gasteiger charge is -2.44. The molecule has 7 nitrogen and oxygen atoms in total. The molecule has 138 valence electrons. The van der Waals surface area contributed by atoms with Crippen molar-refractivity contribution in [3.63, 3.8) is 0 Å². The molecule has 0 radical (unpaired) electrons. The second-order valence-electron chi connectivity index (χ2n) is 7.41. The van der Waals surface area contributed by atoms with Crippen LogP contribution in [0.5, 0.6) is 0 Å². The number of carboxylic acid groups (broad SMARTS) is 2. The Hall–Kier alpha value is -2.28. The van der Waals surface area contributed by atoms with Crippen molar-refractivity contribution in [2.75, 3.05) is 0 Å². The summed E-state index contributed by atoms with van der Waals surface area (Å²) in [5, 5.41) is 33.4. The molecule has 0 bridgehead atoms. The van der Waals surface area contributed by atoms with Crippen LogP contribution in [0.4, 0.5) is 9.59 Å². The summed E-state index contributed by atoms with van der Waals surface area (Å²) in [5.41, 5.74) is -0.225. The fourth-order valence-electron chi connectivity index (χ4n) is 3.77. The highest BCUT2D eigenvalue weighted by molar-refractivity contribution is 5.67. The van der Waals surface area contributed by atoms with E-state index in [2.05, 4.69) is 10.6 Å². The minimum Gasteiger partial charge on any atom is -0.465 e. The smallest absolute Gasteiger partial charge is 0.405 e. The summed E-state index contributed by atoms with van der Waals surface area (Å²) < 4.78 is 0. The SMILES string of the molecule is CC(C)(CCc1ccccc1)[C@]1(NC(=O)O)CC(O)[C@H](NC(=O)O)C1. The van der Waals surface area contributed by atoms with E-state index in [-0.39, 0.29) is 12.8 Å². The third-order valence-electron chi connectivity index (χ3n) is 5.42. The molecule has 0 spiro atoms. The predicted molar refractivity (Wildman–Crippen MR) is 92.6 cm³/mol. The van der Waals surface area contributed by atoms with Crippen molar-refractivity contribution in [2.24, 2.45) is 5.41 Å². The molecular weight excluding hydrogens is 324 g/mol. The Kier molecular flexibility index (Phi) is 5.57. The van der Waals surface area contributed by atoms with E-state index in [0.29, 0.717) is 6.42 Å². The third-order valence-corrected chi connectivity index (χ3v) is 5.42. The van der Waals surface area contributed by atoms with Crippen molar-refractivity contribution in [3.05, 3.63) is 35.9 Å². The minimum absolute atomic E-state index is 0.173. The number of hydrogen-bond acceptors (Lipinski definition) is 3. The maximum atomic E-state index is 11.4. The van der Waals surface area contributed by atoms with E-state index < -0.39 is 35.3 Å². The van der Waals surface area contributed by atoms with Gasteiger partial charge in [-0.1, -0.05) is 44.2 Å². The molecule has 2 amide bonds. The normalized spacial score (nSPS) is 26.2. The molecule has 0 saturated heterocycles. The number of amides is 2. The zero-order valence-electron chi connectivity index (χ0n) is 14.5. The first kappa shape index (κ1) is 19.1. The fraction of sp³-hybridized carbons (Fsp3) is 0.556. The molecule has 7 heteroatoms. The number of aliphatic hydroxyl groups excluding tert-OH is 1. The summed E-state index contributed by atoms with van der Waals surface area (Å²) in [6.45, 7) is 3.92. The standard InChI is InChI=1S/C18H26N2O5/c1-17(2,9-8-12-6-4-3-5-7-12)18(20-16(24)25)10-13(14(21)11-18)19-15(22)23/h3-7,13-14,19-21H,8-11H2,1-2H3,(H,22,23)(H,24,25)/t13-,14?,18-/m1/s1. The summed E-state index contributed by atoms with van der Waals surface area (Å²) in [4.78, 5) is 22.3. The molecule has 5 N–H and O–H groups in total. The second-order valence-corrected chi connectivity index (χ2v) is 7.41. The largest absolute Gasteiger partial charge is 0.465 e. The first-order chi connectivity index (χ1) is 11.7. The fourth-order valence-corrected chi connectivity index (χ4v) is 3.77. The highest BCUT2D eigenvalue weighted by Crippen LogP contribution is 2.46. The van der Waals surface area contributed by atoms with Gasteiger partial charge in [0.25, 0.3) is 0 Å². The molecule has 1 aromatic carbocycles. The van der Waals surface area contributed by atoms with Gasteiger partial charge >= 0.3 is 12.2 Å². The number of hydrogen-bond donors (Lipinski definition) is 5. The van der Waals surface area contributed by atoms with Crippen LogP contribution in [-0.2, 0) is 6.42 Å². The average Bonchev–Trinajstić information content (AvgIpc) is 2.82. The van der Waals surface area contributed by atoms with Crippen LogP contribution in [0.15, 0.2) is 30.3 Å². The van der Waals surface area contributed by atoms with Gasteiger partial charge in [-0.2, -0.15) is 0 Å². The van der Waals surface area contributed by atoms with Crippen molar-refractivity contribution in [2.45, 2.75) is 57.2 Å². The molecule has 1 saturated carbocycles. The van der Waals surface area contributed by atoms with Crippen LogP contribution >= 0.6 is 0 Å². The lowest BCUT2D eigenvalue weighted by Crippen LogP contribution is -2.57. The van der Waals surface area contributed by atoms with Gasteiger partial charge in [0.2, 0.25) is 0 Å². The number of benzene rings is 1. The molecule has 2 rings (SSSR count). The Balaban J connectivity index is 2.20. The molecule has 1 aliphatic carbocycles. The zero-order chi connectivity index (χ0) is 18.7. The zero-order valence-corrected chi connectivity index (χ0v) is 14.5. The molecule has 1 fully saturated rings. The maximum absolute atomic E-state index is 11.4. The maximum Gasteiger partial charge on any atom is 0.405 e. The van der Waals surface area contributed by atoms with Crippen LogP contribution < -0.4 is 10.6 Å². The van der Waals surface area contributed by atoms with Gasteiger partial charge < -0.3 is 26.0 Å². The van der Waals surface area contributed by atoms with E-state index in [1.807, 2.05) is 44.2 Å². The Morgan fingerprint density at radius 1 is 1.16 bits per heavy atom. The quantitative estimate of drug-likeness (QED) is 0.540. The first-order valence-corrected chi connectivity index (χ1v) is 8.38. The van der Waals surface area contributed by atoms with E-state index in [9.17, 15) is 19.8 Å². The lowest BCUT2D eigenvalue weighted by atomic mass is 9.67. The molecule has 0 aliphatic heterocycles. The van der Waals surface area contributed by atoms with Crippen LogP contribution in [-0.4, -0.2) is 45.2 Å². The number of carbonyl (C=O) groups is 2. The van der Waals surface area contributed by atoms with Crippen LogP contribution in [0.3, 0.4) is 0 Å². The monoisotopic (exact) mass is 350 g/mol. The van der Waals surface area contributed by atoms with Gasteiger partial charge in [0.05, 0.1) is 17.7 Å². The molecule has 0 heterocycles. The van der Waals surface area contributed by atoms with Crippen molar-refractivity contribution < 1.29 is 24.9 Å². The third kappa shape index (κ3) is 4.42. The first-order valence-electron chi connectivity index (χ1n) is 8.38. The summed E-state index contributed by atoms with van der Waals surface area (Å²) in [7, 11) is 0. The molecule has 3 atom stereocenters. The number of nitrogens with one attached hydrogen (secondary N) is 2. The average molecular weight is 350 g/mol. The van der Waals surface area contributed by atoms with Gasteiger partial charge in [-0.3, -0.25) is 0 Å².